The van der Waals surface area contributed by atoms with Gasteiger partial charge in [-0.3, -0.25) is 0 Å². The first-order valence-electron chi connectivity index (χ1n) is 9.69. The highest BCUT2D eigenvalue weighted by molar-refractivity contribution is 5.72. The van der Waals surface area contributed by atoms with Crippen molar-refractivity contribution in [3.63, 3.8) is 0 Å². The highest BCUT2D eigenvalue weighted by Crippen LogP contribution is 2.48. The summed E-state index contributed by atoms with van der Waals surface area (Å²) in [4.78, 5) is 2.11. The molecule has 0 unspecified atom stereocenters. The Bertz CT molecular complexity index is 574. The van der Waals surface area contributed by atoms with Crippen molar-refractivity contribution in [2.75, 3.05) is 11.9 Å². The molecule has 0 aliphatic carbocycles. The maximum absolute atomic E-state index is 10.4. The normalized spacial score (nSPS) is 15.8. The average Bonchev–Trinajstić information content (AvgIpc) is 2.71. The van der Waals surface area contributed by atoms with Gasteiger partial charge in [-0.1, -0.05) is 72.3 Å². The van der Waals surface area contributed by atoms with E-state index in [2.05, 4.69) is 38.3 Å². The Labute approximate surface area is 148 Å². The third-order valence-corrected chi connectivity index (χ3v) is 5.66. The SMILES string of the molecule is C=C1N(C)c2cc(O)c(CCCCCCCCCC)cc2C1(C)C. The number of allylic oxidation sites excluding steroid dienone is 1. The molecule has 1 aromatic rings. The minimum atomic E-state index is -0.0498. The van der Waals surface area contributed by atoms with Gasteiger partial charge in [-0.05, 0) is 30.0 Å². The van der Waals surface area contributed by atoms with E-state index in [9.17, 15) is 5.11 Å². The third-order valence-electron chi connectivity index (χ3n) is 5.66. The molecule has 0 saturated carbocycles. The lowest BCUT2D eigenvalue weighted by Crippen LogP contribution is -2.21. The molecule has 24 heavy (non-hydrogen) atoms. The molecule has 0 bridgehead atoms. The van der Waals surface area contributed by atoms with Gasteiger partial charge in [-0.2, -0.15) is 0 Å². The van der Waals surface area contributed by atoms with Crippen molar-refractivity contribution in [3.8, 4) is 5.75 Å². The molecular formula is C22H35NO. The van der Waals surface area contributed by atoms with Crippen LogP contribution in [-0.2, 0) is 11.8 Å². The van der Waals surface area contributed by atoms with Crippen molar-refractivity contribution in [1.82, 2.24) is 0 Å². The van der Waals surface area contributed by atoms with Crippen LogP contribution in [-0.4, -0.2) is 12.2 Å². The number of hydrogen-bond acceptors (Lipinski definition) is 2. The summed E-state index contributed by atoms with van der Waals surface area (Å²) in [6.45, 7) is 10.9. The molecule has 1 aliphatic heterocycles. The molecule has 0 atom stereocenters. The number of anilines is 1. The van der Waals surface area contributed by atoms with Crippen molar-refractivity contribution in [2.24, 2.45) is 0 Å². The zero-order valence-corrected chi connectivity index (χ0v) is 16.1. The monoisotopic (exact) mass is 329 g/mol. The molecule has 0 saturated heterocycles. The number of fused-ring (bicyclic) bond motifs is 1. The number of likely N-dealkylation sites (N-methyl/N-ethyl adjacent to an activating group) is 1. The van der Waals surface area contributed by atoms with E-state index in [0.717, 1.165) is 29.8 Å². The maximum Gasteiger partial charge on any atom is 0.120 e. The predicted octanol–water partition coefficient (Wildman–Crippen LogP) is 6.32. The van der Waals surface area contributed by atoms with Gasteiger partial charge in [0.05, 0.1) is 0 Å². The van der Waals surface area contributed by atoms with E-state index in [4.69, 9.17) is 0 Å². The zero-order chi connectivity index (χ0) is 17.7. The second-order valence-electron chi connectivity index (χ2n) is 7.85. The molecule has 134 valence electrons. The van der Waals surface area contributed by atoms with Gasteiger partial charge in [0, 0.05) is 29.9 Å². The summed E-state index contributed by atoms with van der Waals surface area (Å²) in [5.74, 6) is 0.439. The smallest absolute Gasteiger partial charge is 0.120 e. The number of benzene rings is 1. The third kappa shape index (κ3) is 3.96. The Balaban J connectivity index is 1.89. The van der Waals surface area contributed by atoms with Crippen molar-refractivity contribution >= 4 is 5.69 Å². The number of hydrogen-bond donors (Lipinski definition) is 1. The van der Waals surface area contributed by atoms with Gasteiger partial charge in [0.2, 0.25) is 0 Å². The summed E-state index contributed by atoms with van der Waals surface area (Å²) in [7, 11) is 2.04. The lowest BCUT2D eigenvalue weighted by Gasteiger charge is -2.22. The van der Waals surface area contributed by atoms with Crippen molar-refractivity contribution < 1.29 is 5.11 Å². The highest BCUT2D eigenvalue weighted by Gasteiger charge is 2.37. The zero-order valence-electron chi connectivity index (χ0n) is 16.1. The van der Waals surface area contributed by atoms with Gasteiger partial charge >= 0.3 is 0 Å². The van der Waals surface area contributed by atoms with E-state index in [1.807, 2.05) is 13.1 Å². The molecule has 1 aromatic carbocycles. The van der Waals surface area contributed by atoms with Gasteiger partial charge < -0.3 is 10.0 Å². The van der Waals surface area contributed by atoms with Gasteiger partial charge in [0.1, 0.15) is 5.75 Å². The van der Waals surface area contributed by atoms with Crippen LogP contribution in [0.1, 0.15) is 83.3 Å². The van der Waals surface area contributed by atoms with E-state index in [-0.39, 0.29) is 5.41 Å². The lowest BCUT2D eigenvalue weighted by atomic mass is 9.83. The fourth-order valence-electron chi connectivity index (χ4n) is 3.77. The molecule has 1 aliphatic rings. The van der Waals surface area contributed by atoms with Gasteiger partial charge in [0.15, 0.2) is 0 Å². The lowest BCUT2D eigenvalue weighted by molar-refractivity contribution is 0.465. The molecule has 2 heteroatoms. The predicted molar refractivity (Wildman–Crippen MR) is 105 cm³/mol. The van der Waals surface area contributed by atoms with Crippen LogP contribution in [0.2, 0.25) is 0 Å². The second-order valence-corrected chi connectivity index (χ2v) is 7.85. The van der Waals surface area contributed by atoms with Gasteiger partial charge in [-0.15, -0.1) is 0 Å². The van der Waals surface area contributed by atoms with Crippen molar-refractivity contribution in [1.29, 1.82) is 0 Å². The van der Waals surface area contributed by atoms with E-state index in [1.165, 1.54) is 50.5 Å². The molecule has 1 N–H and O–H groups in total. The molecule has 2 rings (SSSR count). The number of phenolic OH excluding ortho intramolecular Hbond substituents is 1. The highest BCUT2D eigenvalue weighted by atomic mass is 16.3. The summed E-state index contributed by atoms with van der Waals surface area (Å²) in [5.41, 5.74) is 4.54. The van der Waals surface area contributed by atoms with Crippen LogP contribution in [0.25, 0.3) is 0 Å². The summed E-state index contributed by atoms with van der Waals surface area (Å²) < 4.78 is 0. The van der Waals surface area contributed by atoms with Crippen LogP contribution in [0.4, 0.5) is 5.69 Å². The number of phenols is 1. The van der Waals surface area contributed by atoms with Crippen molar-refractivity contribution in [2.45, 2.75) is 84.0 Å². The van der Waals surface area contributed by atoms with Crippen LogP contribution in [0.3, 0.4) is 0 Å². The van der Waals surface area contributed by atoms with Crippen LogP contribution in [0.5, 0.6) is 5.75 Å². The molecule has 2 nitrogen and oxygen atoms in total. The molecule has 0 amide bonds. The summed E-state index contributed by atoms with van der Waals surface area (Å²) in [5, 5.41) is 10.4. The number of unbranched alkanes of at least 4 members (excludes halogenated alkanes) is 7. The Morgan fingerprint density at radius 2 is 1.58 bits per heavy atom. The first-order chi connectivity index (χ1) is 11.4. The maximum atomic E-state index is 10.4. The number of rotatable bonds is 9. The Kier molecular flexibility index (Phi) is 6.37. The molecule has 0 spiro atoms. The van der Waals surface area contributed by atoms with Gasteiger partial charge in [-0.25, -0.2) is 0 Å². The standard InChI is InChI=1S/C22H35NO/c1-6-7-8-9-10-11-12-13-14-18-15-19-20(16-21(18)24)23(5)17(2)22(19,3)4/h15-16,24H,2,6-14H2,1,3-5H3. The van der Waals surface area contributed by atoms with E-state index >= 15 is 0 Å². The number of nitrogens with zero attached hydrogens (tertiary/aromatic N) is 1. The fraction of sp³-hybridized carbons (Fsp3) is 0.636. The fourth-order valence-corrected chi connectivity index (χ4v) is 3.77. The molecule has 0 aromatic heterocycles. The summed E-state index contributed by atoms with van der Waals surface area (Å²) >= 11 is 0. The Hall–Kier alpha value is -1.44. The van der Waals surface area contributed by atoms with E-state index in [0.29, 0.717) is 5.75 Å². The van der Waals surface area contributed by atoms with Crippen LogP contribution in [0.15, 0.2) is 24.4 Å². The van der Waals surface area contributed by atoms with Crippen LogP contribution in [0, 0.1) is 0 Å². The minimum absolute atomic E-state index is 0.0498. The number of aromatic hydroxyl groups is 1. The summed E-state index contributed by atoms with van der Waals surface area (Å²) in [6, 6.07) is 4.13. The largest absolute Gasteiger partial charge is 0.508 e. The molecule has 0 fully saturated rings. The van der Waals surface area contributed by atoms with Crippen molar-refractivity contribution in [3.05, 3.63) is 35.5 Å². The molecule has 0 radical (unpaired) electrons. The molecular weight excluding hydrogens is 294 g/mol. The first kappa shape index (κ1) is 18.9. The average molecular weight is 330 g/mol. The van der Waals surface area contributed by atoms with Gasteiger partial charge in [0.25, 0.3) is 0 Å². The van der Waals surface area contributed by atoms with Crippen LogP contribution >= 0.6 is 0 Å². The van der Waals surface area contributed by atoms with Crippen LogP contribution < -0.4 is 4.90 Å². The topological polar surface area (TPSA) is 23.5 Å². The first-order valence-corrected chi connectivity index (χ1v) is 9.69. The number of aryl methyl sites for hydroxylation is 1. The van der Waals surface area contributed by atoms with E-state index in [1.54, 1.807) is 0 Å². The Morgan fingerprint density at radius 1 is 1.00 bits per heavy atom. The van der Waals surface area contributed by atoms with E-state index < -0.39 is 0 Å². The summed E-state index contributed by atoms with van der Waals surface area (Å²) in [6.07, 6.45) is 11.5. The Morgan fingerprint density at radius 3 is 2.21 bits per heavy atom. The minimum Gasteiger partial charge on any atom is -0.508 e. The quantitative estimate of drug-likeness (QED) is 0.536. The second kappa shape index (κ2) is 8.09. The molecule has 1 heterocycles.